The van der Waals surface area contributed by atoms with Crippen LogP contribution < -0.4 is 10.9 Å². The number of rotatable bonds is 5. The molecule has 0 aromatic carbocycles. The van der Waals surface area contributed by atoms with Crippen LogP contribution in [-0.2, 0) is 11.2 Å². The molecule has 6 nitrogen and oxygen atoms in total. The first-order valence-corrected chi connectivity index (χ1v) is 7.41. The average molecular weight is 298 g/mol. The Labute approximate surface area is 128 Å². The van der Waals surface area contributed by atoms with Gasteiger partial charge in [-0.1, -0.05) is 6.07 Å². The molecular formula is C16H18N4O2. The Morgan fingerprint density at radius 2 is 2.23 bits per heavy atom. The van der Waals surface area contributed by atoms with Crippen molar-refractivity contribution in [2.24, 2.45) is 5.92 Å². The number of hydrogen-bond donors (Lipinski definition) is 2. The van der Waals surface area contributed by atoms with Crippen LogP contribution in [0.4, 0.5) is 0 Å². The molecule has 2 heterocycles. The molecule has 0 radical (unpaired) electrons. The first kappa shape index (κ1) is 14.4. The number of carbonyl (C=O) groups excluding carboxylic acids is 1. The highest BCUT2D eigenvalue weighted by molar-refractivity contribution is 5.78. The fraction of sp³-hybridized carbons (Fsp3) is 0.375. The molecule has 0 bridgehead atoms. The fourth-order valence-corrected chi connectivity index (χ4v) is 2.25. The van der Waals surface area contributed by atoms with E-state index in [1.165, 1.54) is 12.8 Å². The molecule has 1 saturated carbocycles. The summed E-state index contributed by atoms with van der Waals surface area (Å²) in [7, 11) is 0. The lowest BCUT2D eigenvalue weighted by atomic mass is 10.1. The maximum atomic E-state index is 12.2. The van der Waals surface area contributed by atoms with Crippen LogP contribution in [-0.4, -0.2) is 27.4 Å². The molecule has 1 fully saturated rings. The van der Waals surface area contributed by atoms with Gasteiger partial charge in [-0.3, -0.25) is 14.6 Å². The third-order valence-electron chi connectivity index (χ3n) is 3.75. The molecule has 6 heteroatoms. The van der Waals surface area contributed by atoms with Crippen molar-refractivity contribution < 1.29 is 4.79 Å². The van der Waals surface area contributed by atoms with E-state index in [9.17, 15) is 9.59 Å². The molecule has 0 aliphatic heterocycles. The van der Waals surface area contributed by atoms with Crippen molar-refractivity contribution >= 4 is 5.91 Å². The average Bonchev–Trinajstić information content (AvgIpc) is 3.34. The molecule has 2 aromatic heterocycles. The number of H-pyrrole nitrogens is 1. The highest BCUT2D eigenvalue weighted by atomic mass is 16.2. The number of hydrogen-bond acceptors (Lipinski definition) is 4. The van der Waals surface area contributed by atoms with Crippen molar-refractivity contribution in [1.29, 1.82) is 0 Å². The molecule has 1 aliphatic carbocycles. The maximum Gasteiger partial charge on any atom is 0.255 e. The quantitative estimate of drug-likeness (QED) is 0.868. The van der Waals surface area contributed by atoms with E-state index in [1.807, 2.05) is 6.07 Å². The number of carbonyl (C=O) groups is 1. The van der Waals surface area contributed by atoms with E-state index in [1.54, 1.807) is 25.3 Å². The van der Waals surface area contributed by atoms with E-state index < -0.39 is 0 Å². The minimum Gasteiger partial charge on any atom is -0.356 e. The normalized spacial score (nSPS) is 13.9. The van der Waals surface area contributed by atoms with Gasteiger partial charge in [0.1, 0.15) is 5.69 Å². The summed E-state index contributed by atoms with van der Waals surface area (Å²) in [5.41, 5.74) is 1.29. The molecule has 0 unspecified atom stereocenters. The largest absolute Gasteiger partial charge is 0.356 e. The summed E-state index contributed by atoms with van der Waals surface area (Å²) in [6.07, 6.45) is 4.06. The number of aromatic amines is 1. The van der Waals surface area contributed by atoms with Crippen LogP contribution in [0.3, 0.4) is 0 Å². The van der Waals surface area contributed by atoms with E-state index in [0.717, 1.165) is 0 Å². The molecule has 3 rings (SSSR count). The van der Waals surface area contributed by atoms with Crippen LogP contribution in [0.15, 0.2) is 29.2 Å². The summed E-state index contributed by atoms with van der Waals surface area (Å²) >= 11 is 0. The van der Waals surface area contributed by atoms with E-state index in [2.05, 4.69) is 20.3 Å². The van der Waals surface area contributed by atoms with E-state index >= 15 is 0 Å². The van der Waals surface area contributed by atoms with Gasteiger partial charge in [0, 0.05) is 24.0 Å². The number of nitrogens with one attached hydrogen (secondary N) is 2. The minimum absolute atomic E-state index is 0.0589. The molecule has 0 saturated heterocycles. The number of aryl methyl sites for hydroxylation is 1. The van der Waals surface area contributed by atoms with Crippen LogP contribution in [0.5, 0.6) is 0 Å². The predicted octanol–water partition coefficient (Wildman–Crippen LogP) is 1.21. The Kier molecular flexibility index (Phi) is 4.00. The zero-order valence-electron chi connectivity index (χ0n) is 12.4. The molecule has 1 aliphatic rings. The van der Waals surface area contributed by atoms with Crippen LogP contribution in [0, 0.1) is 12.8 Å². The monoisotopic (exact) mass is 298 g/mol. The van der Waals surface area contributed by atoms with Gasteiger partial charge >= 0.3 is 0 Å². The Bertz CT molecular complexity index is 736. The lowest BCUT2D eigenvalue weighted by Gasteiger charge is -2.07. The second-order valence-corrected chi connectivity index (χ2v) is 5.62. The van der Waals surface area contributed by atoms with E-state index in [-0.39, 0.29) is 17.9 Å². The third kappa shape index (κ3) is 3.39. The van der Waals surface area contributed by atoms with Gasteiger partial charge in [-0.15, -0.1) is 0 Å². The van der Waals surface area contributed by atoms with Crippen molar-refractivity contribution in [3.8, 4) is 11.5 Å². The van der Waals surface area contributed by atoms with Gasteiger partial charge in [0.25, 0.3) is 5.56 Å². The first-order chi connectivity index (χ1) is 10.6. The molecule has 22 heavy (non-hydrogen) atoms. The lowest BCUT2D eigenvalue weighted by molar-refractivity contribution is -0.120. The summed E-state index contributed by atoms with van der Waals surface area (Å²) in [6, 6.07) is 5.41. The van der Waals surface area contributed by atoms with Crippen LogP contribution >= 0.6 is 0 Å². The van der Waals surface area contributed by atoms with E-state index in [0.29, 0.717) is 35.2 Å². The Balaban J connectivity index is 1.77. The van der Waals surface area contributed by atoms with Gasteiger partial charge in [-0.05, 0) is 37.8 Å². The molecule has 0 atom stereocenters. The highest BCUT2D eigenvalue weighted by Gasteiger charge is 2.22. The number of amides is 1. The summed E-state index contributed by atoms with van der Waals surface area (Å²) in [5, 5.41) is 2.86. The minimum atomic E-state index is -0.283. The SMILES string of the molecule is Cc1nc(-c2ccccn2)[nH]c(=O)c1CC(=O)NCC1CC1. The van der Waals surface area contributed by atoms with Gasteiger partial charge in [0.05, 0.1) is 6.42 Å². The molecule has 114 valence electrons. The molecule has 2 N–H and O–H groups in total. The van der Waals surface area contributed by atoms with Crippen molar-refractivity contribution in [2.45, 2.75) is 26.2 Å². The predicted molar refractivity (Wildman–Crippen MR) is 82.3 cm³/mol. The van der Waals surface area contributed by atoms with Crippen LogP contribution in [0.2, 0.25) is 0 Å². The molecular weight excluding hydrogens is 280 g/mol. The van der Waals surface area contributed by atoms with Crippen molar-refractivity contribution in [3.05, 3.63) is 46.0 Å². The topological polar surface area (TPSA) is 87.7 Å². The van der Waals surface area contributed by atoms with Gasteiger partial charge in [-0.25, -0.2) is 4.98 Å². The smallest absolute Gasteiger partial charge is 0.255 e. The maximum absolute atomic E-state index is 12.2. The van der Waals surface area contributed by atoms with Crippen molar-refractivity contribution in [1.82, 2.24) is 20.3 Å². The van der Waals surface area contributed by atoms with Gasteiger partial charge < -0.3 is 10.3 Å². The third-order valence-corrected chi connectivity index (χ3v) is 3.75. The van der Waals surface area contributed by atoms with Gasteiger partial charge in [0.2, 0.25) is 5.91 Å². The number of nitrogens with zero attached hydrogens (tertiary/aromatic N) is 2. The Morgan fingerprint density at radius 1 is 1.41 bits per heavy atom. The summed E-state index contributed by atoms with van der Waals surface area (Å²) in [4.78, 5) is 35.4. The number of pyridine rings is 1. The standard InChI is InChI=1S/C16H18N4O2/c1-10-12(8-14(21)18-9-11-5-6-11)16(22)20-15(19-10)13-4-2-3-7-17-13/h2-4,7,11H,5-6,8-9H2,1H3,(H,18,21)(H,19,20,22). The molecule has 0 spiro atoms. The van der Waals surface area contributed by atoms with Crippen LogP contribution in [0.25, 0.3) is 11.5 Å². The second kappa shape index (κ2) is 6.09. The van der Waals surface area contributed by atoms with Crippen molar-refractivity contribution in [3.63, 3.8) is 0 Å². The molecule has 2 aromatic rings. The van der Waals surface area contributed by atoms with E-state index in [4.69, 9.17) is 0 Å². The first-order valence-electron chi connectivity index (χ1n) is 7.41. The van der Waals surface area contributed by atoms with Crippen LogP contribution in [0.1, 0.15) is 24.1 Å². The summed E-state index contributed by atoms with van der Waals surface area (Å²) in [5.74, 6) is 0.908. The number of aromatic nitrogens is 3. The Morgan fingerprint density at radius 3 is 2.86 bits per heavy atom. The Hall–Kier alpha value is -2.50. The second-order valence-electron chi connectivity index (χ2n) is 5.62. The van der Waals surface area contributed by atoms with Gasteiger partial charge in [0.15, 0.2) is 5.82 Å². The fourth-order valence-electron chi connectivity index (χ4n) is 2.25. The summed E-state index contributed by atoms with van der Waals surface area (Å²) in [6.45, 7) is 2.44. The zero-order chi connectivity index (χ0) is 15.5. The lowest BCUT2D eigenvalue weighted by Crippen LogP contribution is -2.30. The van der Waals surface area contributed by atoms with Crippen molar-refractivity contribution in [2.75, 3.05) is 6.54 Å². The highest BCUT2D eigenvalue weighted by Crippen LogP contribution is 2.27. The van der Waals surface area contributed by atoms with Gasteiger partial charge in [-0.2, -0.15) is 0 Å². The molecule has 1 amide bonds. The summed E-state index contributed by atoms with van der Waals surface area (Å²) < 4.78 is 0. The zero-order valence-corrected chi connectivity index (χ0v) is 12.4.